The van der Waals surface area contributed by atoms with Crippen LogP contribution in [-0.2, 0) is 6.54 Å². The predicted octanol–water partition coefficient (Wildman–Crippen LogP) is 2.81. The minimum Gasteiger partial charge on any atom is -0.359 e. The highest BCUT2D eigenvalue weighted by molar-refractivity contribution is 5.83. The summed E-state index contributed by atoms with van der Waals surface area (Å²) in [6.07, 6.45) is 2.41. The molecule has 0 atom stereocenters. The Morgan fingerprint density at radius 3 is 2.80 bits per heavy atom. The SMILES string of the molecule is Cc1cccc(CN(C)C(=N)C2CC2)c1. The van der Waals surface area contributed by atoms with Gasteiger partial charge in [-0.1, -0.05) is 29.8 Å². The zero-order valence-electron chi connectivity index (χ0n) is 9.46. The minimum atomic E-state index is 0.541. The molecule has 0 aliphatic heterocycles. The first kappa shape index (κ1) is 10.2. The van der Waals surface area contributed by atoms with E-state index >= 15 is 0 Å². The molecule has 1 aliphatic rings. The van der Waals surface area contributed by atoms with Gasteiger partial charge in [0.05, 0.1) is 5.84 Å². The number of hydrogen-bond acceptors (Lipinski definition) is 1. The van der Waals surface area contributed by atoms with E-state index in [4.69, 9.17) is 5.41 Å². The summed E-state index contributed by atoms with van der Waals surface area (Å²) in [4.78, 5) is 2.06. The minimum absolute atomic E-state index is 0.541. The molecule has 0 saturated heterocycles. The fourth-order valence-corrected chi connectivity index (χ4v) is 1.84. The summed E-state index contributed by atoms with van der Waals surface area (Å²) in [5.41, 5.74) is 2.58. The van der Waals surface area contributed by atoms with E-state index < -0.39 is 0 Å². The average molecular weight is 202 g/mol. The van der Waals surface area contributed by atoms with E-state index in [2.05, 4.69) is 36.1 Å². The van der Waals surface area contributed by atoms with Gasteiger partial charge in [-0.15, -0.1) is 0 Å². The monoisotopic (exact) mass is 202 g/mol. The van der Waals surface area contributed by atoms with E-state index in [0.717, 1.165) is 12.4 Å². The summed E-state index contributed by atoms with van der Waals surface area (Å²) >= 11 is 0. The van der Waals surface area contributed by atoms with Gasteiger partial charge < -0.3 is 4.90 Å². The Labute approximate surface area is 91.4 Å². The van der Waals surface area contributed by atoms with Gasteiger partial charge in [-0.3, -0.25) is 5.41 Å². The lowest BCUT2D eigenvalue weighted by Gasteiger charge is -2.20. The summed E-state index contributed by atoms with van der Waals surface area (Å²) in [6.45, 7) is 2.97. The molecule has 0 heterocycles. The van der Waals surface area contributed by atoms with E-state index in [1.807, 2.05) is 7.05 Å². The van der Waals surface area contributed by atoms with Crippen molar-refractivity contribution in [2.24, 2.45) is 5.92 Å². The van der Waals surface area contributed by atoms with Gasteiger partial charge in [-0.2, -0.15) is 0 Å². The first-order valence-electron chi connectivity index (χ1n) is 5.52. The van der Waals surface area contributed by atoms with Gasteiger partial charge in [0.2, 0.25) is 0 Å². The number of hydrogen-bond donors (Lipinski definition) is 1. The molecule has 1 aliphatic carbocycles. The van der Waals surface area contributed by atoms with Crippen LogP contribution in [0.5, 0.6) is 0 Å². The molecule has 1 aromatic rings. The quantitative estimate of drug-likeness (QED) is 0.592. The fourth-order valence-electron chi connectivity index (χ4n) is 1.84. The standard InChI is InChI=1S/C13H18N2/c1-10-4-3-5-11(8-10)9-15(2)13(14)12-6-7-12/h3-5,8,12,14H,6-7,9H2,1-2H3. The summed E-state index contributed by atoms with van der Waals surface area (Å²) in [5, 5.41) is 7.94. The van der Waals surface area contributed by atoms with Crippen molar-refractivity contribution in [2.75, 3.05) is 7.05 Å². The molecule has 1 saturated carbocycles. The highest BCUT2D eigenvalue weighted by Crippen LogP contribution is 2.31. The van der Waals surface area contributed by atoms with Crippen LogP contribution in [0.2, 0.25) is 0 Å². The van der Waals surface area contributed by atoms with Crippen molar-refractivity contribution in [3.63, 3.8) is 0 Å². The summed E-state index contributed by atoms with van der Waals surface area (Å²) < 4.78 is 0. The van der Waals surface area contributed by atoms with Gasteiger partial charge in [0, 0.05) is 19.5 Å². The van der Waals surface area contributed by atoms with Crippen LogP contribution in [0.1, 0.15) is 24.0 Å². The molecule has 0 spiro atoms. The fraction of sp³-hybridized carbons (Fsp3) is 0.462. The largest absolute Gasteiger partial charge is 0.359 e. The molecular formula is C13H18N2. The zero-order valence-corrected chi connectivity index (χ0v) is 9.46. The van der Waals surface area contributed by atoms with Crippen LogP contribution in [0.25, 0.3) is 0 Å². The lowest BCUT2D eigenvalue weighted by molar-refractivity contribution is 0.481. The third-order valence-corrected chi connectivity index (χ3v) is 2.88. The van der Waals surface area contributed by atoms with Crippen molar-refractivity contribution in [1.29, 1.82) is 5.41 Å². The third kappa shape index (κ3) is 2.58. The molecule has 0 radical (unpaired) electrons. The number of rotatable bonds is 3. The summed E-state index contributed by atoms with van der Waals surface area (Å²) in [7, 11) is 2.02. The molecule has 2 rings (SSSR count). The van der Waals surface area contributed by atoms with Crippen molar-refractivity contribution < 1.29 is 0 Å². The van der Waals surface area contributed by atoms with E-state index in [1.165, 1.54) is 24.0 Å². The van der Waals surface area contributed by atoms with Gasteiger partial charge >= 0.3 is 0 Å². The molecule has 15 heavy (non-hydrogen) atoms. The van der Waals surface area contributed by atoms with Gasteiger partial charge in [-0.05, 0) is 25.3 Å². The molecule has 1 aromatic carbocycles. The van der Waals surface area contributed by atoms with Crippen molar-refractivity contribution in [1.82, 2.24) is 4.90 Å². The molecule has 0 unspecified atom stereocenters. The molecule has 2 nitrogen and oxygen atoms in total. The second-order valence-electron chi connectivity index (χ2n) is 4.50. The van der Waals surface area contributed by atoms with Gasteiger partial charge in [0.1, 0.15) is 0 Å². The first-order chi connectivity index (χ1) is 7.16. The normalized spacial score (nSPS) is 15.1. The third-order valence-electron chi connectivity index (χ3n) is 2.88. The molecule has 0 amide bonds. The van der Waals surface area contributed by atoms with E-state index in [0.29, 0.717) is 5.92 Å². The van der Waals surface area contributed by atoms with E-state index in [1.54, 1.807) is 0 Å². The summed E-state index contributed by atoms with van der Waals surface area (Å²) in [5.74, 6) is 1.34. The van der Waals surface area contributed by atoms with Crippen LogP contribution in [0, 0.1) is 18.3 Å². The van der Waals surface area contributed by atoms with Gasteiger partial charge in [0.15, 0.2) is 0 Å². The number of aryl methyl sites for hydroxylation is 1. The average Bonchev–Trinajstić information content (AvgIpc) is 2.99. The second kappa shape index (κ2) is 4.05. The van der Waals surface area contributed by atoms with E-state index in [9.17, 15) is 0 Å². The lowest BCUT2D eigenvalue weighted by Crippen LogP contribution is -2.26. The van der Waals surface area contributed by atoms with Crippen LogP contribution in [-0.4, -0.2) is 17.8 Å². The molecular weight excluding hydrogens is 184 g/mol. The molecule has 0 aromatic heterocycles. The Morgan fingerprint density at radius 1 is 1.47 bits per heavy atom. The Hall–Kier alpha value is -1.31. The molecule has 1 fully saturated rings. The number of amidine groups is 1. The topological polar surface area (TPSA) is 27.1 Å². The Bertz CT molecular complexity index is 367. The van der Waals surface area contributed by atoms with Crippen LogP contribution in [0.4, 0.5) is 0 Å². The highest BCUT2D eigenvalue weighted by atomic mass is 15.1. The van der Waals surface area contributed by atoms with Gasteiger partial charge in [0.25, 0.3) is 0 Å². The van der Waals surface area contributed by atoms with Crippen LogP contribution in [0.15, 0.2) is 24.3 Å². The smallest absolute Gasteiger partial charge is 0.0989 e. The van der Waals surface area contributed by atoms with Crippen molar-refractivity contribution in [2.45, 2.75) is 26.3 Å². The number of benzene rings is 1. The Kier molecular flexibility index (Phi) is 2.76. The molecule has 80 valence electrons. The highest BCUT2D eigenvalue weighted by Gasteiger charge is 2.28. The Morgan fingerprint density at radius 2 is 2.20 bits per heavy atom. The number of nitrogens with one attached hydrogen (secondary N) is 1. The maximum Gasteiger partial charge on any atom is 0.0989 e. The maximum absolute atomic E-state index is 7.94. The van der Waals surface area contributed by atoms with Crippen LogP contribution < -0.4 is 0 Å². The molecule has 2 heteroatoms. The second-order valence-corrected chi connectivity index (χ2v) is 4.50. The van der Waals surface area contributed by atoms with Crippen LogP contribution in [0.3, 0.4) is 0 Å². The molecule has 0 bridgehead atoms. The first-order valence-corrected chi connectivity index (χ1v) is 5.52. The number of nitrogens with zero attached hydrogens (tertiary/aromatic N) is 1. The Balaban J connectivity index is 1.98. The lowest BCUT2D eigenvalue weighted by atomic mass is 10.1. The summed E-state index contributed by atoms with van der Waals surface area (Å²) in [6, 6.07) is 8.51. The van der Waals surface area contributed by atoms with Crippen molar-refractivity contribution >= 4 is 5.84 Å². The molecule has 1 N–H and O–H groups in total. The van der Waals surface area contributed by atoms with Crippen molar-refractivity contribution in [3.8, 4) is 0 Å². The van der Waals surface area contributed by atoms with Crippen LogP contribution >= 0.6 is 0 Å². The van der Waals surface area contributed by atoms with Crippen molar-refractivity contribution in [3.05, 3.63) is 35.4 Å². The van der Waals surface area contributed by atoms with E-state index in [-0.39, 0.29) is 0 Å². The maximum atomic E-state index is 7.94. The predicted molar refractivity (Wildman–Crippen MR) is 63.1 cm³/mol. The van der Waals surface area contributed by atoms with Gasteiger partial charge in [-0.25, -0.2) is 0 Å². The zero-order chi connectivity index (χ0) is 10.8.